The van der Waals surface area contributed by atoms with Gasteiger partial charge in [0, 0.05) is 22.9 Å². The second kappa shape index (κ2) is 5.94. The van der Waals surface area contributed by atoms with Crippen molar-refractivity contribution in [2.24, 2.45) is 0 Å². The molecule has 2 atom stereocenters. The van der Waals surface area contributed by atoms with Crippen LogP contribution >= 0.6 is 23.4 Å². The summed E-state index contributed by atoms with van der Waals surface area (Å²) in [6, 6.07) is 0.638. The van der Waals surface area contributed by atoms with Crippen molar-refractivity contribution in [2.75, 3.05) is 12.8 Å². The van der Waals surface area contributed by atoms with E-state index in [2.05, 4.69) is 18.2 Å². The van der Waals surface area contributed by atoms with Crippen LogP contribution in [-0.2, 0) is 0 Å². The van der Waals surface area contributed by atoms with Crippen LogP contribution < -0.4 is 5.32 Å². The molecule has 13 heavy (non-hydrogen) atoms. The van der Waals surface area contributed by atoms with Gasteiger partial charge in [0.25, 0.3) is 0 Å². The molecule has 0 radical (unpaired) electrons. The van der Waals surface area contributed by atoms with Crippen LogP contribution in [0.25, 0.3) is 0 Å². The van der Waals surface area contributed by atoms with Gasteiger partial charge in [-0.05, 0) is 19.1 Å². The lowest BCUT2D eigenvalue weighted by Gasteiger charge is -2.31. The molecule has 0 spiro atoms. The Hall–Kier alpha value is 0.340. The number of thioether (sulfide) groups is 1. The Bertz CT molecular complexity index is 172. The lowest BCUT2D eigenvalue weighted by molar-refractivity contribution is 0.395. The maximum atomic E-state index is 5.72. The molecule has 1 rings (SSSR count). The summed E-state index contributed by atoms with van der Waals surface area (Å²) in [6.07, 6.45) is 7.55. The maximum absolute atomic E-state index is 5.72. The van der Waals surface area contributed by atoms with Crippen LogP contribution in [0.2, 0.25) is 0 Å². The first-order valence-electron chi connectivity index (χ1n) is 4.83. The van der Waals surface area contributed by atoms with E-state index >= 15 is 0 Å². The summed E-state index contributed by atoms with van der Waals surface area (Å²) in [6.45, 7) is 4.44. The molecule has 1 fully saturated rings. The molecule has 1 aliphatic rings. The Morgan fingerprint density at radius 2 is 2.23 bits per heavy atom. The normalized spacial score (nSPS) is 28.8. The van der Waals surface area contributed by atoms with Gasteiger partial charge < -0.3 is 5.32 Å². The highest BCUT2D eigenvalue weighted by Crippen LogP contribution is 2.27. The first-order chi connectivity index (χ1) is 6.24. The zero-order valence-electron chi connectivity index (χ0n) is 8.18. The minimum absolute atomic E-state index is 0.638. The molecule has 0 aromatic heterocycles. The fourth-order valence-corrected chi connectivity index (χ4v) is 2.89. The number of halogens is 1. The van der Waals surface area contributed by atoms with Gasteiger partial charge in [0.15, 0.2) is 0 Å². The van der Waals surface area contributed by atoms with E-state index in [1.165, 1.54) is 25.7 Å². The Balaban J connectivity index is 2.31. The third-order valence-electron chi connectivity index (χ3n) is 2.56. The molecule has 2 unspecified atom stereocenters. The second-order valence-electron chi connectivity index (χ2n) is 3.56. The predicted octanol–water partition coefficient (Wildman–Crippen LogP) is 3.00. The highest BCUT2D eigenvalue weighted by molar-refractivity contribution is 7.99. The van der Waals surface area contributed by atoms with E-state index in [1.807, 2.05) is 11.8 Å². The molecular weight excluding hydrogens is 202 g/mol. The smallest absolute Gasteiger partial charge is 0.0310 e. The standard InChI is InChI=1S/C10H18ClNS/c1-8(11)7-12-9-5-3-4-6-10(9)13-2/h9-10,12H,1,3-7H2,2H3. The van der Waals surface area contributed by atoms with Crippen molar-refractivity contribution < 1.29 is 0 Å². The molecule has 1 N–H and O–H groups in total. The summed E-state index contributed by atoms with van der Waals surface area (Å²) in [7, 11) is 0. The summed E-state index contributed by atoms with van der Waals surface area (Å²) in [5, 5.41) is 4.95. The molecule has 0 aliphatic heterocycles. The zero-order valence-corrected chi connectivity index (χ0v) is 9.76. The van der Waals surface area contributed by atoms with Gasteiger partial charge in [-0.3, -0.25) is 0 Å². The molecule has 0 aromatic rings. The number of rotatable bonds is 4. The van der Waals surface area contributed by atoms with Crippen molar-refractivity contribution in [2.45, 2.75) is 37.0 Å². The largest absolute Gasteiger partial charge is 0.308 e. The topological polar surface area (TPSA) is 12.0 Å². The van der Waals surface area contributed by atoms with E-state index in [1.54, 1.807) is 0 Å². The van der Waals surface area contributed by atoms with E-state index in [9.17, 15) is 0 Å². The quantitative estimate of drug-likeness (QED) is 0.780. The molecular formula is C10H18ClNS. The monoisotopic (exact) mass is 219 g/mol. The van der Waals surface area contributed by atoms with Gasteiger partial charge in [-0.15, -0.1) is 0 Å². The van der Waals surface area contributed by atoms with Crippen LogP contribution in [0.3, 0.4) is 0 Å². The first kappa shape index (κ1) is 11.4. The van der Waals surface area contributed by atoms with E-state index in [0.717, 1.165) is 11.8 Å². The Morgan fingerprint density at radius 1 is 1.54 bits per heavy atom. The van der Waals surface area contributed by atoms with Crippen molar-refractivity contribution in [3.63, 3.8) is 0 Å². The van der Waals surface area contributed by atoms with Gasteiger partial charge in [0.2, 0.25) is 0 Å². The van der Waals surface area contributed by atoms with Gasteiger partial charge in [-0.1, -0.05) is 31.0 Å². The van der Waals surface area contributed by atoms with Crippen molar-refractivity contribution in [3.8, 4) is 0 Å². The van der Waals surface area contributed by atoms with Crippen molar-refractivity contribution >= 4 is 23.4 Å². The van der Waals surface area contributed by atoms with Gasteiger partial charge in [0.1, 0.15) is 0 Å². The van der Waals surface area contributed by atoms with Crippen LogP contribution in [-0.4, -0.2) is 24.1 Å². The van der Waals surface area contributed by atoms with Crippen molar-refractivity contribution in [1.82, 2.24) is 5.32 Å². The Labute approximate surface area is 90.3 Å². The molecule has 0 aromatic carbocycles. The van der Waals surface area contributed by atoms with Crippen molar-refractivity contribution in [1.29, 1.82) is 0 Å². The molecule has 0 heterocycles. The molecule has 0 saturated heterocycles. The number of hydrogen-bond donors (Lipinski definition) is 1. The molecule has 0 bridgehead atoms. The van der Waals surface area contributed by atoms with E-state index in [4.69, 9.17) is 11.6 Å². The summed E-state index contributed by atoms with van der Waals surface area (Å²) in [5.41, 5.74) is 0. The molecule has 76 valence electrons. The van der Waals surface area contributed by atoms with Crippen LogP contribution in [0.4, 0.5) is 0 Å². The summed E-state index contributed by atoms with van der Waals surface area (Å²) in [4.78, 5) is 0. The first-order valence-corrected chi connectivity index (χ1v) is 6.50. The minimum atomic E-state index is 0.638. The van der Waals surface area contributed by atoms with E-state index in [0.29, 0.717) is 11.1 Å². The van der Waals surface area contributed by atoms with Crippen LogP contribution in [0.5, 0.6) is 0 Å². The molecule has 1 saturated carbocycles. The fourth-order valence-electron chi connectivity index (χ4n) is 1.85. The minimum Gasteiger partial charge on any atom is -0.308 e. The molecule has 3 heteroatoms. The Morgan fingerprint density at radius 3 is 2.85 bits per heavy atom. The predicted molar refractivity (Wildman–Crippen MR) is 62.6 cm³/mol. The summed E-state index contributed by atoms with van der Waals surface area (Å²) >= 11 is 7.69. The molecule has 0 amide bonds. The lowest BCUT2D eigenvalue weighted by Crippen LogP contribution is -2.40. The second-order valence-corrected chi connectivity index (χ2v) is 5.17. The molecule has 1 nitrogen and oxygen atoms in total. The maximum Gasteiger partial charge on any atom is 0.0310 e. The van der Waals surface area contributed by atoms with E-state index in [-0.39, 0.29) is 0 Å². The average molecular weight is 220 g/mol. The van der Waals surface area contributed by atoms with Gasteiger partial charge >= 0.3 is 0 Å². The number of hydrogen-bond acceptors (Lipinski definition) is 2. The van der Waals surface area contributed by atoms with Crippen LogP contribution in [0.15, 0.2) is 11.6 Å². The zero-order chi connectivity index (χ0) is 9.68. The van der Waals surface area contributed by atoms with Gasteiger partial charge in [-0.25, -0.2) is 0 Å². The number of nitrogens with one attached hydrogen (secondary N) is 1. The summed E-state index contributed by atoms with van der Waals surface area (Å²) < 4.78 is 0. The van der Waals surface area contributed by atoms with Gasteiger partial charge in [-0.2, -0.15) is 11.8 Å². The highest BCUT2D eigenvalue weighted by atomic mass is 35.5. The lowest BCUT2D eigenvalue weighted by atomic mass is 9.95. The fraction of sp³-hybridized carbons (Fsp3) is 0.800. The third kappa shape index (κ3) is 3.92. The SMILES string of the molecule is C=C(Cl)CNC1CCCCC1SC. The summed E-state index contributed by atoms with van der Waals surface area (Å²) in [5.74, 6) is 0. The van der Waals surface area contributed by atoms with Crippen LogP contribution in [0, 0.1) is 0 Å². The van der Waals surface area contributed by atoms with Crippen molar-refractivity contribution in [3.05, 3.63) is 11.6 Å². The average Bonchev–Trinajstić information content (AvgIpc) is 2.15. The van der Waals surface area contributed by atoms with E-state index < -0.39 is 0 Å². The molecule has 1 aliphatic carbocycles. The van der Waals surface area contributed by atoms with Crippen LogP contribution in [0.1, 0.15) is 25.7 Å². The van der Waals surface area contributed by atoms with Gasteiger partial charge in [0.05, 0.1) is 0 Å². The highest BCUT2D eigenvalue weighted by Gasteiger charge is 2.23. The third-order valence-corrected chi connectivity index (χ3v) is 3.86. The Kier molecular flexibility index (Phi) is 5.22.